The maximum Gasteiger partial charge on any atom is 0.573 e. The molecular formula is C17H17F3N2O2. The number of nitriles is 1. The highest BCUT2D eigenvalue weighted by atomic mass is 19.4. The van der Waals surface area contributed by atoms with Crippen LogP contribution in [-0.2, 0) is 4.79 Å². The molecule has 2 rings (SSSR count). The average molecular weight is 338 g/mol. The van der Waals surface area contributed by atoms with Crippen LogP contribution in [-0.4, -0.2) is 18.3 Å². The van der Waals surface area contributed by atoms with Gasteiger partial charge in [0.1, 0.15) is 17.4 Å². The van der Waals surface area contributed by atoms with Gasteiger partial charge in [-0.15, -0.1) is 13.2 Å². The molecule has 0 saturated heterocycles. The van der Waals surface area contributed by atoms with Crippen molar-refractivity contribution in [2.45, 2.75) is 44.5 Å². The van der Waals surface area contributed by atoms with Crippen molar-refractivity contribution in [1.82, 2.24) is 5.32 Å². The van der Waals surface area contributed by atoms with Crippen LogP contribution in [0.4, 0.5) is 13.2 Å². The van der Waals surface area contributed by atoms with Gasteiger partial charge in [0, 0.05) is 11.6 Å². The molecule has 0 heterocycles. The molecule has 0 radical (unpaired) electrons. The number of halogens is 3. The highest BCUT2D eigenvalue weighted by molar-refractivity contribution is 6.02. The van der Waals surface area contributed by atoms with Crippen molar-refractivity contribution in [1.29, 1.82) is 5.26 Å². The minimum atomic E-state index is -4.85. The Bertz CT molecular complexity index is 657. The molecule has 0 atom stereocenters. The van der Waals surface area contributed by atoms with Gasteiger partial charge in [0.15, 0.2) is 0 Å². The number of hydrogen-bond donors (Lipinski definition) is 1. The fourth-order valence-electron chi connectivity index (χ4n) is 2.63. The molecule has 0 aliphatic heterocycles. The summed E-state index contributed by atoms with van der Waals surface area (Å²) in [5, 5.41) is 11.9. The van der Waals surface area contributed by atoms with E-state index in [0.717, 1.165) is 44.2 Å². The number of rotatable bonds is 4. The van der Waals surface area contributed by atoms with Crippen molar-refractivity contribution in [2.75, 3.05) is 0 Å². The van der Waals surface area contributed by atoms with Crippen molar-refractivity contribution in [3.8, 4) is 11.8 Å². The smallest absolute Gasteiger partial charge is 0.405 e. The number of nitrogens with one attached hydrogen (secondary N) is 1. The second kappa shape index (κ2) is 7.86. The van der Waals surface area contributed by atoms with Gasteiger partial charge < -0.3 is 10.1 Å². The standard InChI is InChI=1S/C17H17F3N2O2/c18-17(19,20)24-15-9-5-4-6-12(15)10-13(11-21)16(23)22-14-7-2-1-3-8-14/h4-6,9-10,14H,1-3,7-8H2,(H,22,23)/b13-10+. The van der Waals surface area contributed by atoms with Crippen LogP contribution in [0.1, 0.15) is 37.7 Å². The highest BCUT2D eigenvalue weighted by Gasteiger charge is 2.32. The van der Waals surface area contributed by atoms with E-state index in [4.69, 9.17) is 5.26 Å². The molecule has 7 heteroatoms. The van der Waals surface area contributed by atoms with Crippen LogP contribution in [0.5, 0.6) is 5.75 Å². The van der Waals surface area contributed by atoms with Gasteiger partial charge >= 0.3 is 6.36 Å². The normalized spacial score (nSPS) is 16.3. The van der Waals surface area contributed by atoms with E-state index >= 15 is 0 Å². The van der Waals surface area contributed by atoms with Gasteiger partial charge in [-0.1, -0.05) is 37.5 Å². The van der Waals surface area contributed by atoms with E-state index < -0.39 is 18.0 Å². The molecule has 4 nitrogen and oxygen atoms in total. The van der Waals surface area contributed by atoms with E-state index in [9.17, 15) is 18.0 Å². The monoisotopic (exact) mass is 338 g/mol. The highest BCUT2D eigenvalue weighted by Crippen LogP contribution is 2.28. The lowest BCUT2D eigenvalue weighted by Gasteiger charge is -2.22. The Morgan fingerprint density at radius 1 is 1.25 bits per heavy atom. The van der Waals surface area contributed by atoms with Crippen molar-refractivity contribution in [3.63, 3.8) is 0 Å². The first-order chi connectivity index (χ1) is 11.4. The third kappa shape index (κ3) is 5.30. The molecule has 128 valence electrons. The summed E-state index contributed by atoms with van der Waals surface area (Å²) in [6.45, 7) is 0. The summed E-state index contributed by atoms with van der Waals surface area (Å²) in [4.78, 5) is 12.2. The Kier molecular flexibility index (Phi) is 5.85. The molecule has 1 aliphatic rings. The number of nitrogens with zero attached hydrogens (tertiary/aromatic N) is 1. The maximum absolute atomic E-state index is 12.4. The van der Waals surface area contributed by atoms with Gasteiger partial charge in [0.25, 0.3) is 5.91 Å². The maximum atomic E-state index is 12.4. The molecule has 0 aromatic heterocycles. The lowest BCUT2D eigenvalue weighted by atomic mass is 9.95. The molecule has 24 heavy (non-hydrogen) atoms. The fourth-order valence-corrected chi connectivity index (χ4v) is 2.63. The van der Waals surface area contributed by atoms with E-state index in [2.05, 4.69) is 10.1 Å². The second-order valence-corrected chi connectivity index (χ2v) is 5.56. The minimum Gasteiger partial charge on any atom is -0.405 e. The molecule has 1 fully saturated rings. The lowest BCUT2D eigenvalue weighted by molar-refractivity contribution is -0.274. The van der Waals surface area contributed by atoms with Crippen molar-refractivity contribution < 1.29 is 22.7 Å². The summed E-state index contributed by atoms with van der Waals surface area (Å²) >= 11 is 0. The third-order valence-electron chi connectivity index (χ3n) is 3.75. The van der Waals surface area contributed by atoms with E-state index in [-0.39, 0.29) is 17.2 Å². The van der Waals surface area contributed by atoms with Gasteiger partial charge in [-0.05, 0) is 25.0 Å². The van der Waals surface area contributed by atoms with Crippen molar-refractivity contribution in [2.24, 2.45) is 0 Å². The van der Waals surface area contributed by atoms with E-state index in [1.807, 2.05) is 0 Å². The van der Waals surface area contributed by atoms with Gasteiger partial charge in [0.05, 0.1) is 0 Å². The number of hydrogen-bond acceptors (Lipinski definition) is 3. The van der Waals surface area contributed by atoms with Crippen LogP contribution in [0, 0.1) is 11.3 Å². The third-order valence-corrected chi connectivity index (χ3v) is 3.75. The molecule has 0 unspecified atom stereocenters. The molecule has 1 saturated carbocycles. The fraction of sp³-hybridized carbons (Fsp3) is 0.412. The van der Waals surface area contributed by atoms with Crippen LogP contribution >= 0.6 is 0 Å². The van der Waals surface area contributed by atoms with Gasteiger partial charge in [-0.3, -0.25) is 4.79 Å². The lowest BCUT2D eigenvalue weighted by Crippen LogP contribution is -2.36. The van der Waals surface area contributed by atoms with E-state index in [1.54, 1.807) is 6.07 Å². The molecule has 1 N–H and O–H groups in total. The predicted molar refractivity (Wildman–Crippen MR) is 81.7 cm³/mol. The minimum absolute atomic E-state index is 0.00432. The van der Waals surface area contributed by atoms with E-state index in [1.165, 1.54) is 18.2 Å². The second-order valence-electron chi connectivity index (χ2n) is 5.56. The molecule has 1 aromatic rings. The van der Waals surface area contributed by atoms with Crippen LogP contribution in [0.2, 0.25) is 0 Å². The first-order valence-electron chi connectivity index (χ1n) is 7.66. The van der Waals surface area contributed by atoms with E-state index in [0.29, 0.717) is 0 Å². The quantitative estimate of drug-likeness (QED) is 0.668. The summed E-state index contributed by atoms with van der Waals surface area (Å²) in [7, 11) is 0. The number of para-hydroxylation sites is 1. The molecule has 1 aliphatic carbocycles. The Balaban J connectivity index is 2.17. The average Bonchev–Trinajstić information content (AvgIpc) is 2.53. The molecular weight excluding hydrogens is 321 g/mol. The van der Waals surface area contributed by atoms with Gasteiger partial charge in [-0.2, -0.15) is 5.26 Å². The molecule has 0 bridgehead atoms. The van der Waals surface area contributed by atoms with Gasteiger partial charge in [-0.25, -0.2) is 0 Å². The first-order valence-corrected chi connectivity index (χ1v) is 7.66. The SMILES string of the molecule is N#C/C(=C\c1ccccc1OC(F)(F)F)C(=O)NC1CCCCC1. The first kappa shape index (κ1) is 17.9. The zero-order chi connectivity index (χ0) is 17.6. The summed E-state index contributed by atoms with van der Waals surface area (Å²) in [6.07, 6.45) is 1.10. The van der Waals surface area contributed by atoms with Crippen LogP contribution < -0.4 is 10.1 Å². The Morgan fingerprint density at radius 3 is 2.54 bits per heavy atom. The summed E-state index contributed by atoms with van der Waals surface area (Å²) in [5.74, 6) is -1.03. The van der Waals surface area contributed by atoms with Crippen LogP contribution in [0.15, 0.2) is 29.8 Å². The summed E-state index contributed by atoms with van der Waals surface area (Å²) in [6, 6.07) is 7.12. The predicted octanol–water partition coefficient (Wildman–Crippen LogP) is 3.94. The van der Waals surface area contributed by atoms with Crippen LogP contribution in [0.3, 0.4) is 0 Å². The molecule has 0 spiro atoms. The Morgan fingerprint density at radius 2 is 1.92 bits per heavy atom. The summed E-state index contributed by atoms with van der Waals surface area (Å²) < 4.78 is 41.2. The van der Waals surface area contributed by atoms with Crippen LogP contribution in [0.25, 0.3) is 6.08 Å². The number of alkyl halides is 3. The largest absolute Gasteiger partial charge is 0.573 e. The number of benzene rings is 1. The zero-order valence-corrected chi connectivity index (χ0v) is 12.9. The van der Waals surface area contributed by atoms with Crippen molar-refractivity contribution >= 4 is 12.0 Å². The number of carbonyl (C=O) groups excluding carboxylic acids is 1. The number of ether oxygens (including phenoxy) is 1. The molecule has 1 aromatic carbocycles. The summed E-state index contributed by atoms with van der Waals surface area (Å²) in [5.41, 5.74) is -0.232. The number of amides is 1. The zero-order valence-electron chi connectivity index (χ0n) is 12.9. The van der Waals surface area contributed by atoms with Crippen molar-refractivity contribution in [3.05, 3.63) is 35.4 Å². The topological polar surface area (TPSA) is 62.1 Å². The Hall–Kier alpha value is -2.49. The van der Waals surface area contributed by atoms with Gasteiger partial charge in [0.2, 0.25) is 0 Å². The number of carbonyl (C=O) groups is 1. The Labute approximate surface area is 137 Å². The molecule has 1 amide bonds.